The van der Waals surface area contributed by atoms with Crippen molar-refractivity contribution in [2.75, 3.05) is 11.9 Å². The summed E-state index contributed by atoms with van der Waals surface area (Å²) in [7, 11) is 0. The number of hydrogen-bond donors (Lipinski definition) is 1. The number of rotatable bonds is 4. The van der Waals surface area contributed by atoms with Crippen molar-refractivity contribution in [3.8, 4) is 6.07 Å². The fourth-order valence-corrected chi connectivity index (χ4v) is 3.32. The quantitative estimate of drug-likeness (QED) is 0.933. The Labute approximate surface area is 123 Å². The molecule has 0 fully saturated rings. The zero-order valence-electron chi connectivity index (χ0n) is 11.4. The predicted molar refractivity (Wildman–Crippen MR) is 82.1 cm³/mol. The van der Waals surface area contributed by atoms with Crippen LogP contribution in [0, 0.1) is 11.3 Å². The summed E-state index contributed by atoms with van der Waals surface area (Å²) in [5, 5.41) is 14.7. The van der Waals surface area contributed by atoms with Crippen LogP contribution in [-0.4, -0.2) is 11.5 Å². The molecule has 0 saturated carbocycles. The number of aromatic nitrogens is 1. The molecule has 20 heavy (non-hydrogen) atoms. The zero-order valence-corrected chi connectivity index (χ0v) is 12.2. The van der Waals surface area contributed by atoms with Crippen LogP contribution in [0.4, 0.5) is 5.82 Å². The lowest BCUT2D eigenvalue weighted by Crippen LogP contribution is -2.12. The topological polar surface area (TPSA) is 48.7 Å². The van der Waals surface area contributed by atoms with Crippen LogP contribution in [0.1, 0.15) is 34.5 Å². The van der Waals surface area contributed by atoms with Crippen LogP contribution in [0.2, 0.25) is 0 Å². The van der Waals surface area contributed by atoms with Gasteiger partial charge in [-0.25, -0.2) is 4.98 Å². The lowest BCUT2D eigenvalue weighted by molar-refractivity contribution is 0.668. The Morgan fingerprint density at radius 2 is 2.25 bits per heavy atom. The Hall–Kier alpha value is -1.86. The van der Waals surface area contributed by atoms with Gasteiger partial charge in [0.25, 0.3) is 0 Å². The van der Waals surface area contributed by atoms with Gasteiger partial charge in [0.2, 0.25) is 0 Å². The van der Waals surface area contributed by atoms with Gasteiger partial charge in [-0.3, -0.25) is 0 Å². The van der Waals surface area contributed by atoms with E-state index in [0.29, 0.717) is 5.56 Å². The highest BCUT2D eigenvalue weighted by Crippen LogP contribution is 2.24. The number of thiophene rings is 1. The van der Waals surface area contributed by atoms with Gasteiger partial charge in [0.15, 0.2) is 0 Å². The van der Waals surface area contributed by atoms with Crippen molar-refractivity contribution in [1.29, 1.82) is 5.26 Å². The van der Waals surface area contributed by atoms with Crippen molar-refractivity contribution in [3.05, 3.63) is 45.3 Å². The lowest BCUT2D eigenvalue weighted by atomic mass is 9.95. The molecule has 0 saturated heterocycles. The number of pyridine rings is 1. The first kappa shape index (κ1) is 13.1. The second-order valence-corrected chi connectivity index (χ2v) is 6.10. The molecule has 2 aromatic rings. The van der Waals surface area contributed by atoms with Gasteiger partial charge in [-0.05, 0) is 55.2 Å². The van der Waals surface area contributed by atoms with E-state index in [2.05, 4.69) is 33.9 Å². The minimum absolute atomic E-state index is 0.678. The minimum atomic E-state index is 0.678. The summed E-state index contributed by atoms with van der Waals surface area (Å²) in [6.07, 6.45) is 5.50. The third-order valence-corrected chi connectivity index (χ3v) is 4.60. The molecular formula is C16H17N3S. The maximum absolute atomic E-state index is 9.28. The highest BCUT2D eigenvalue weighted by molar-refractivity contribution is 7.09. The van der Waals surface area contributed by atoms with Gasteiger partial charge < -0.3 is 5.32 Å². The van der Waals surface area contributed by atoms with Gasteiger partial charge in [0.05, 0.1) is 5.56 Å². The maximum atomic E-state index is 9.28. The first-order valence-electron chi connectivity index (χ1n) is 7.06. The molecule has 1 N–H and O–H groups in total. The van der Waals surface area contributed by atoms with Gasteiger partial charge in [0.1, 0.15) is 11.9 Å². The van der Waals surface area contributed by atoms with Crippen LogP contribution in [0.5, 0.6) is 0 Å². The molecule has 0 spiro atoms. The zero-order chi connectivity index (χ0) is 13.8. The third kappa shape index (κ3) is 2.83. The van der Waals surface area contributed by atoms with Crippen molar-refractivity contribution in [3.63, 3.8) is 0 Å². The number of aryl methyl sites for hydroxylation is 2. The summed E-state index contributed by atoms with van der Waals surface area (Å²) < 4.78 is 0. The van der Waals surface area contributed by atoms with E-state index in [1.165, 1.54) is 29.0 Å². The SMILES string of the molecule is N#Cc1cc2c(nc1NCCc1cccs1)CCCC2. The van der Waals surface area contributed by atoms with Gasteiger partial charge in [-0.15, -0.1) is 11.3 Å². The van der Waals surface area contributed by atoms with Gasteiger partial charge in [0, 0.05) is 17.1 Å². The van der Waals surface area contributed by atoms with E-state index < -0.39 is 0 Å². The molecule has 0 aromatic carbocycles. The van der Waals surface area contributed by atoms with Crippen molar-refractivity contribution in [2.45, 2.75) is 32.1 Å². The van der Waals surface area contributed by atoms with Crippen LogP contribution in [-0.2, 0) is 19.3 Å². The van der Waals surface area contributed by atoms with Crippen molar-refractivity contribution < 1.29 is 0 Å². The number of fused-ring (bicyclic) bond motifs is 1. The molecule has 2 heterocycles. The highest BCUT2D eigenvalue weighted by atomic mass is 32.1. The van der Waals surface area contributed by atoms with Crippen LogP contribution < -0.4 is 5.32 Å². The van der Waals surface area contributed by atoms with Gasteiger partial charge in [-0.1, -0.05) is 6.07 Å². The smallest absolute Gasteiger partial charge is 0.144 e. The highest BCUT2D eigenvalue weighted by Gasteiger charge is 2.14. The molecule has 3 rings (SSSR count). The molecule has 0 amide bonds. The van der Waals surface area contributed by atoms with E-state index in [-0.39, 0.29) is 0 Å². The Kier molecular flexibility index (Phi) is 3.98. The first-order valence-corrected chi connectivity index (χ1v) is 7.94. The summed E-state index contributed by atoms with van der Waals surface area (Å²) in [4.78, 5) is 6.03. The molecule has 102 valence electrons. The molecule has 0 aliphatic heterocycles. The fraction of sp³-hybridized carbons (Fsp3) is 0.375. The summed E-state index contributed by atoms with van der Waals surface area (Å²) >= 11 is 1.77. The summed E-state index contributed by atoms with van der Waals surface area (Å²) in [5.74, 6) is 0.754. The van der Waals surface area contributed by atoms with Crippen LogP contribution in [0.3, 0.4) is 0 Å². The first-order chi connectivity index (χ1) is 9.86. The summed E-state index contributed by atoms with van der Waals surface area (Å²) in [6, 6.07) is 8.49. The largest absolute Gasteiger partial charge is 0.369 e. The van der Waals surface area contributed by atoms with Crippen LogP contribution in [0.15, 0.2) is 23.6 Å². The number of nitrogens with one attached hydrogen (secondary N) is 1. The average Bonchev–Trinajstić information content (AvgIpc) is 3.00. The van der Waals surface area contributed by atoms with Crippen LogP contribution >= 0.6 is 11.3 Å². The van der Waals surface area contributed by atoms with E-state index in [9.17, 15) is 5.26 Å². The normalized spacial score (nSPS) is 13.6. The lowest BCUT2D eigenvalue weighted by Gasteiger charge is -2.17. The standard InChI is InChI=1S/C16H17N3S/c17-11-13-10-12-4-1-2-6-15(12)19-16(13)18-8-7-14-5-3-9-20-14/h3,5,9-10H,1-2,4,6-8H2,(H,18,19). The Balaban J connectivity index is 1.73. The maximum Gasteiger partial charge on any atom is 0.144 e. The van der Waals surface area contributed by atoms with Crippen molar-refractivity contribution in [1.82, 2.24) is 4.98 Å². The average molecular weight is 283 g/mol. The van der Waals surface area contributed by atoms with E-state index in [1.807, 2.05) is 6.07 Å². The van der Waals surface area contributed by atoms with E-state index >= 15 is 0 Å². The number of hydrogen-bond acceptors (Lipinski definition) is 4. The number of nitriles is 1. The third-order valence-electron chi connectivity index (χ3n) is 3.67. The molecule has 0 unspecified atom stereocenters. The van der Waals surface area contributed by atoms with E-state index in [0.717, 1.165) is 31.6 Å². The molecule has 0 radical (unpaired) electrons. The minimum Gasteiger partial charge on any atom is -0.369 e. The summed E-state index contributed by atoms with van der Waals surface area (Å²) in [5.41, 5.74) is 3.11. The van der Waals surface area contributed by atoms with Gasteiger partial charge in [-0.2, -0.15) is 5.26 Å². The van der Waals surface area contributed by atoms with E-state index in [4.69, 9.17) is 0 Å². The number of nitrogens with zero attached hydrogens (tertiary/aromatic N) is 2. The molecule has 4 heteroatoms. The Bertz CT molecular complexity index is 626. The van der Waals surface area contributed by atoms with Gasteiger partial charge >= 0.3 is 0 Å². The molecule has 1 aliphatic rings. The predicted octanol–water partition coefficient (Wildman–Crippen LogP) is 3.55. The fourth-order valence-electron chi connectivity index (χ4n) is 2.61. The Morgan fingerprint density at radius 1 is 1.35 bits per heavy atom. The molecule has 3 nitrogen and oxygen atoms in total. The van der Waals surface area contributed by atoms with E-state index in [1.54, 1.807) is 11.3 Å². The monoisotopic (exact) mass is 283 g/mol. The second-order valence-electron chi connectivity index (χ2n) is 5.07. The summed E-state index contributed by atoms with van der Waals surface area (Å²) in [6.45, 7) is 0.820. The van der Waals surface area contributed by atoms with Crippen LogP contribution in [0.25, 0.3) is 0 Å². The molecule has 0 bridgehead atoms. The second kappa shape index (κ2) is 6.06. The molecule has 0 atom stereocenters. The molecular weight excluding hydrogens is 266 g/mol. The molecule has 2 aromatic heterocycles. The number of anilines is 1. The molecule has 1 aliphatic carbocycles. The Morgan fingerprint density at radius 3 is 3.05 bits per heavy atom. The van der Waals surface area contributed by atoms with Crippen molar-refractivity contribution >= 4 is 17.2 Å². The van der Waals surface area contributed by atoms with Crippen molar-refractivity contribution in [2.24, 2.45) is 0 Å².